The van der Waals surface area contributed by atoms with Crippen molar-refractivity contribution in [2.24, 2.45) is 0 Å². The first-order valence-electron chi connectivity index (χ1n) is 45.1. The molecule has 0 unspecified atom stereocenters. The van der Waals surface area contributed by atoms with Crippen LogP contribution in [0.3, 0.4) is 0 Å². The number of phenolic OH excluding ortho intramolecular Hbond substituents is 2. The summed E-state index contributed by atoms with van der Waals surface area (Å²) in [5.74, 6) is -0.205. The summed E-state index contributed by atoms with van der Waals surface area (Å²) < 4.78 is 49.2. The maximum atomic E-state index is 16.7. The van der Waals surface area contributed by atoms with Gasteiger partial charge >= 0.3 is 0 Å². The normalized spacial score (nSPS) is 12.7. The van der Waals surface area contributed by atoms with Crippen LogP contribution in [0.25, 0.3) is 105 Å². The van der Waals surface area contributed by atoms with Gasteiger partial charge < -0.3 is 44.4 Å². The van der Waals surface area contributed by atoms with E-state index in [0.717, 1.165) is 88.7 Å². The molecule has 0 aliphatic carbocycles. The minimum Gasteiger partial charge on any atom is -0.505 e. The first kappa shape index (κ1) is 100. The number of aryl methyl sites for hydroxylation is 2. The van der Waals surface area contributed by atoms with E-state index in [0.29, 0.717) is 62.7 Å². The van der Waals surface area contributed by atoms with E-state index < -0.39 is 22.5 Å². The average Bonchev–Trinajstić information content (AvgIpc) is 1.56. The van der Waals surface area contributed by atoms with E-state index in [1.807, 2.05) is 32.0 Å². The Kier molecular flexibility index (Phi) is 28.3. The first-order valence-corrected chi connectivity index (χ1v) is 45.1. The molecule has 13 rings (SSSR count). The molecule has 9 heteroatoms. The van der Waals surface area contributed by atoms with E-state index in [-0.39, 0.29) is 109 Å². The van der Waals surface area contributed by atoms with Crippen LogP contribution < -0.4 is 14.8 Å². The topological polar surface area (TPSA) is 75.9 Å². The standard InChI is InChI=1S/C117H138F2N2O4.2CH3.Hf/c1-69-46-90(118)67-97(95-63-88(116(27,28)29)65-100(104(95)122)120-99-56-73(77-50-82(110(9,10)11)60-83(51-77)111(12,13)14)38-41-92(99)72-36-34-71(35-37-72)76-48-80(108(3,4)5)59-81(49-76)109(6,7)8)106(69)124-44-33-45-125-107-70(2)47-91(119)68-98(107)96-64-89(117(30,31)32)66-103(105(96)123)121-101-57-74(78-52-84(112(15,16)17)61-85(53-78)113(18,19)20)39-42-93(101)94-43-40-75(58-102(94)121)79-54-86(114(21,22)23)62-87(55-79)115(24,25)26;;;/h34-43,46-68,120,122-123H,33,44-45H2,1-32H3;2*1H3;/q;2*-1;. The number of rotatable bonds is 16. The Morgan fingerprint density at radius 3 is 0.891 bits per heavy atom. The number of hydrogen-bond donors (Lipinski definition) is 3. The molecule has 1 aromatic heterocycles. The molecule has 674 valence electrons. The van der Waals surface area contributed by atoms with Gasteiger partial charge in [-0.2, -0.15) is 0 Å². The van der Waals surface area contributed by atoms with Crippen molar-refractivity contribution in [3.8, 4) is 107 Å². The van der Waals surface area contributed by atoms with Gasteiger partial charge in [0.1, 0.15) is 34.6 Å². The summed E-state index contributed by atoms with van der Waals surface area (Å²) in [5.41, 5.74) is 27.1. The molecule has 0 amide bonds. The van der Waals surface area contributed by atoms with Crippen molar-refractivity contribution in [2.75, 3.05) is 18.5 Å². The van der Waals surface area contributed by atoms with Gasteiger partial charge in [-0.25, -0.2) is 8.78 Å². The molecule has 128 heavy (non-hydrogen) atoms. The third-order valence-electron chi connectivity index (χ3n) is 25.3. The summed E-state index contributed by atoms with van der Waals surface area (Å²) >= 11 is 0. The largest absolute Gasteiger partial charge is 0.505 e. The molecule has 12 aromatic carbocycles. The molecule has 3 N–H and O–H groups in total. The molecule has 13 aromatic rings. The molecule has 0 radical (unpaired) electrons. The van der Waals surface area contributed by atoms with Gasteiger partial charge in [-0.1, -0.05) is 341 Å². The third kappa shape index (κ3) is 21.6. The Morgan fingerprint density at radius 1 is 0.273 bits per heavy atom. The molecule has 0 atom stereocenters. The minimum atomic E-state index is -0.476. The summed E-state index contributed by atoms with van der Waals surface area (Å²) in [7, 11) is 0. The van der Waals surface area contributed by atoms with Gasteiger partial charge in [-0.05, 0) is 252 Å². The quantitative estimate of drug-likeness (QED) is 0.0389. The van der Waals surface area contributed by atoms with E-state index in [1.54, 1.807) is 0 Å². The minimum absolute atomic E-state index is 0. The number of benzene rings is 12. The number of halogens is 2. The Bertz CT molecular complexity index is 6050. The number of phenols is 2. The first-order chi connectivity index (χ1) is 57.7. The smallest absolute Gasteiger partial charge is 0.147 e. The van der Waals surface area contributed by atoms with Gasteiger partial charge in [0.2, 0.25) is 0 Å². The molecular weight excluding hydrogens is 1740 g/mol. The predicted octanol–water partition coefficient (Wildman–Crippen LogP) is 34.2. The van der Waals surface area contributed by atoms with Crippen LogP contribution in [0.15, 0.2) is 200 Å². The molecule has 0 fully saturated rings. The second-order valence-electron chi connectivity index (χ2n) is 46.0. The molecule has 6 nitrogen and oxygen atoms in total. The Balaban J connectivity index is 0.00000569. The summed E-state index contributed by atoms with van der Waals surface area (Å²) in [6.07, 6.45) is 0.349. The van der Waals surface area contributed by atoms with Crippen LogP contribution >= 0.6 is 0 Å². The van der Waals surface area contributed by atoms with Crippen LogP contribution in [-0.4, -0.2) is 28.0 Å². The SMILES string of the molecule is Cc1cc(F)cc(-c2cc(C(C)(C)C)cc(Nc3cc(-c4cc(C(C)(C)C)cc(C(C)(C)C)c4)ccc3-c3ccc(-c4cc(C(C)(C)C)cc(C(C)(C)C)c4)cc3)c2O)c1OCCCOc1c(C)cc(F)cc1-c1cc(C(C)(C)C)cc(-n2c3cc(-c4cc(C(C)(C)C)cc(C(C)(C)C)c4)ccc3c3ccc(-c4cc(C(C)(C)C)cc(C(C)(C)C)c4)cc32)c1O.[CH3-].[CH3-].[Hf]. The van der Waals surface area contributed by atoms with Crippen molar-refractivity contribution in [1.82, 2.24) is 4.57 Å². The third-order valence-corrected chi connectivity index (χ3v) is 25.3. The zero-order chi connectivity index (χ0) is 91.7. The van der Waals surface area contributed by atoms with Crippen molar-refractivity contribution < 1.29 is 54.3 Å². The van der Waals surface area contributed by atoms with Crippen molar-refractivity contribution in [3.05, 3.63) is 293 Å². The van der Waals surface area contributed by atoms with Crippen LogP contribution in [0.2, 0.25) is 0 Å². The number of aromatic hydroxyl groups is 2. The summed E-state index contributed by atoms with van der Waals surface area (Å²) in [6, 6.07) is 70.9. The van der Waals surface area contributed by atoms with Crippen LogP contribution in [0.5, 0.6) is 23.0 Å². The number of nitrogens with one attached hydrogen (secondary N) is 1. The van der Waals surface area contributed by atoms with Crippen LogP contribution in [0, 0.1) is 40.3 Å². The van der Waals surface area contributed by atoms with Gasteiger partial charge in [0, 0.05) is 76.5 Å². The molecule has 0 aliphatic rings. The molecule has 0 saturated heterocycles. The van der Waals surface area contributed by atoms with Crippen LogP contribution in [0.4, 0.5) is 20.2 Å². The monoisotopic (exact) mass is 1880 g/mol. The fraction of sp³-hybridized carbons (Fsp3) is 0.378. The van der Waals surface area contributed by atoms with E-state index in [2.05, 4.69) is 375 Å². The fourth-order valence-electron chi connectivity index (χ4n) is 16.8. The zero-order valence-corrected chi connectivity index (χ0v) is 87.2. The summed E-state index contributed by atoms with van der Waals surface area (Å²) in [5, 5.41) is 32.8. The van der Waals surface area contributed by atoms with Crippen molar-refractivity contribution in [1.29, 1.82) is 0 Å². The molecule has 0 saturated carbocycles. The number of aromatic nitrogens is 1. The second kappa shape index (κ2) is 36.1. The Morgan fingerprint density at radius 2 is 0.555 bits per heavy atom. The number of fused-ring (bicyclic) bond motifs is 3. The van der Waals surface area contributed by atoms with Gasteiger partial charge in [0.15, 0.2) is 0 Å². The van der Waals surface area contributed by atoms with E-state index in [9.17, 15) is 10.2 Å². The molecule has 0 aliphatic heterocycles. The predicted molar refractivity (Wildman–Crippen MR) is 543 cm³/mol. The van der Waals surface area contributed by atoms with Gasteiger partial charge in [0.25, 0.3) is 0 Å². The maximum absolute atomic E-state index is 16.7. The number of anilines is 2. The van der Waals surface area contributed by atoms with Crippen molar-refractivity contribution in [3.63, 3.8) is 0 Å². The van der Waals surface area contributed by atoms with Gasteiger partial charge in [-0.3, -0.25) is 0 Å². The van der Waals surface area contributed by atoms with Crippen molar-refractivity contribution >= 4 is 33.2 Å². The zero-order valence-electron chi connectivity index (χ0n) is 83.6. The maximum Gasteiger partial charge on any atom is 0.147 e. The molecule has 0 spiro atoms. The van der Waals surface area contributed by atoms with Gasteiger partial charge in [-0.15, -0.1) is 0 Å². The van der Waals surface area contributed by atoms with Gasteiger partial charge in [0.05, 0.1) is 35.6 Å². The molecule has 1 heterocycles. The van der Waals surface area contributed by atoms with E-state index >= 15 is 8.78 Å². The molecule has 0 bridgehead atoms. The summed E-state index contributed by atoms with van der Waals surface area (Å²) in [4.78, 5) is 0. The fourth-order valence-corrected chi connectivity index (χ4v) is 16.8. The van der Waals surface area contributed by atoms with E-state index in [4.69, 9.17) is 9.47 Å². The van der Waals surface area contributed by atoms with Crippen molar-refractivity contribution in [2.45, 2.75) is 282 Å². The number of ether oxygens (including phenoxy) is 2. The average molecular weight is 1880 g/mol. The van der Waals surface area contributed by atoms with Crippen LogP contribution in [0.1, 0.15) is 281 Å². The van der Waals surface area contributed by atoms with E-state index in [1.165, 1.54) is 74.3 Å². The summed E-state index contributed by atoms with van der Waals surface area (Å²) in [6.45, 7) is 71.3. The van der Waals surface area contributed by atoms with Crippen LogP contribution in [-0.2, 0) is 80.0 Å². The second-order valence-corrected chi connectivity index (χ2v) is 46.0. The molecular formula is C119H144F2HfN2O4-2. The Hall–Kier alpha value is -9.83. The number of nitrogens with zero attached hydrogens (tertiary/aromatic N) is 1. The number of hydrogen-bond acceptors (Lipinski definition) is 5. The Labute approximate surface area is 787 Å².